The largest absolute Gasteiger partial charge is 0.382 e. The summed E-state index contributed by atoms with van der Waals surface area (Å²) < 4.78 is 17.9. The van der Waals surface area contributed by atoms with Gasteiger partial charge in [0, 0.05) is 13.7 Å². The van der Waals surface area contributed by atoms with E-state index in [0.29, 0.717) is 33.2 Å². The summed E-state index contributed by atoms with van der Waals surface area (Å²) in [7, 11) is 1.67. The molecule has 0 aliphatic carbocycles. The predicted molar refractivity (Wildman–Crippen MR) is 73.0 cm³/mol. The van der Waals surface area contributed by atoms with Gasteiger partial charge in [-0.25, -0.2) is 4.98 Å². The van der Waals surface area contributed by atoms with E-state index >= 15 is 0 Å². The van der Waals surface area contributed by atoms with E-state index in [1.54, 1.807) is 13.4 Å². The minimum absolute atomic E-state index is 0.526. The molecule has 2 aromatic rings. The molecule has 0 aliphatic rings. The van der Waals surface area contributed by atoms with E-state index in [1.807, 2.05) is 28.8 Å². The Labute approximate surface area is 113 Å². The molecule has 0 bridgehead atoms. The van der Waals surface area contributed by atoms with Gasteiger partial charge in [-0.05, 0) is 18.6 Å². The number of benzene rings is 1. The number of ether oxygens (including phenoxy) is 3. The molecule has 1 heterocycles. The van der Waals surface area contributed by atoms with Crippen molar-refractivity contribution in [2.24, 2.45) is 0 Å². The maximum Gasteiger partial charge on any atom is 0.124 e. The second kappa shape index (κ2) is 7.89. The fourth-order valence-electron chi connectivity index (χ4n) is 1.78. The maximum atomic E-state index is 5.60. The summed E-state index contributed by atoms with van der Waals surface area (Å²) in [5.41, 5.74) is 2.09. The molecule has 0 saturated carbocycles. The number of hydrogen-bond acceptors (Lipinski definition) is 4. The monoisotopic (exact) mass is 264 g/mol. The van der Waals surface area contributed by atoms with Crippen LogP contribution in [0.2, 0.25) is 0 Å². The summed E-state index contributed by atoms with van der Waals surface area (Å²) in [6.45, 7) is 3.19. The van der Waals surface area contributed by atoms with Crippen molar-refractivity contribution in [2.75, 3.05) is 33.5 Å². The Balaban J connectivity index is 1.63. The molecule has 0 N–H and O–H groups in total. The fourth-order valence-corrected chi connectivity index (χ4v) is 1.78. The van der Waals surface area contributed by atoms with Crippen molar-refractivity contribution < 1.29 is 14.2 Å². The number of imidazole rings is 1. The van der Waals surface area contributed by atoms with Crippen LogP contribution in [-0.2, 0) is 20.9 Å². The number of fused-ring (bicyclic) bond motifs is 1. The van der Waals surface area contributed by atoms with E-state index < -0.39 is 0 Å². The number of rotatable bonds is 9. The molecule has 0 fully saturated rings. The summed E-state index contributed by atoms with van der Waals surface area (Å²) in [6.07, 6.45) is 2.69. The van der Waals surface area contributed by atoms with Gasteiger partial charge in [-0.1, -0.05) is 12.1 Å². The molecule has 0 aliphatic heterocycles. The van der Waals surface area contributed by atoms with Crippen molar-refractivity contribution >= 4 is 11.0 Å². The molecular formula is C14H20N2O3. The Kier molecular flexibility index (Phi) is 5.81. The normalized spacial score (nSPS) is 11.2. The molecular weight excluding hydrogens is 244 g/mol. The van der Waals surface area contributed by atoms with Crippen LogP contribution in [0.25, 0.3) is 11.0 Å². The smallest absolute Gasteiger partial charge is 0.124 e. The third-order valence-corrected chi connectivity index (χ3v) is 2.77. The van der Waals surface area contributed by atoms with Gasteiger partial charge in [0.05, 0.1) is 37.2 Å². The van der Waals surface area contributed by atoms with Crippen molar-refractivity contribution in [1.29, 1.82) is 0 Å². The van der Waals surface area contributed by atoms with Crippen LogP contribution in [-0.4, -0.2) is 43.1 Å². The Morgan fingerprint density at radius 3 is 2.79 bits per heavy atom. The van der Waals surface area contributed by atoms with E-state index in [4.69, 9.17) is 14.2 Å². The number of hydrogen-bond donors (Lipinski definition) is 0. The molecule has 0 amide bonds. The van der Waals surface area contributed by atoms with E-state index in [1.165, 1.54) is 0 Å². The van der Waals surface area contributed by atoms with E-state index in [9.17, 15) is 0 Å². The van der Waals surface area contributed by atoms with Gasteiger partial charge in [0.15, 0.2) is 0 Å². The molecule has 2 rings (SSSR count). The highest BCUT2D eigenvalue weighted by atomic mass is 16.5. The third-order valence-electron chi connectivity index (χ3n) is 2.77. The average Bonchev–Trinajstić information content (AvgIpc) is 2.85. The lowest BCUT2D eigenvalue weighted by Gasteiger charge is -2.06. The first-order chi connectivity index (χ1) is 9.42. The van der Waals surface area contributed by atoms with Crippen molar-refractivity contribution in [2.45, 2.75) is 13.2 Å². The highest BCUT2D eigenvalue weighted by molar-refractivity contribution is 5.74. The molecule has 0 unspecified atom stereocenters. The number of para-hydroxylation sites is 2. The van der Waals surface area contributed by atoms with Gasteiger partial charge in [-0.2, -0.15) is 0 Å². The number of nitrogens with zero attached hydrogens (tertiary/aromatic N) is 2. The number of methoxy groups -OCH3 is 1. The lowest BCUT2D eigenvalue weighted by atomic mass is 10.3. The average molecular weight is 264 g/mol. The van der Waals surface area contributed by atoms with Crippen molar-refractivity contribution in [3.05, 3.63) is 30.6 Å². The van der Waals surface area contributed by atoms with E-state index in [2.05, 4.69) is 4.98 Å². The summed E-state index contributed by atoms with van der Waals surface area (Å²) in [6, 6.07) is 8.02. The van der Waals surface area contributed by atoms with E-state index in [-0.39, 0.29) is 0 Å². The molecule has 0 spiro atoms. The van der Waals surface area contributed by atoms with E-state index in [0.717, 1.165) is 17.5 Å². The Morgan fingerprint density at radius 2 is 1.89 bits per heavy atom. The highest BCUT2D eigenvalue weighted by Crippen LogP contribution is 2.11. The lowest BCUT2D eigenvalue weighted by molar-refractivity contribution is 0.0362. The zero-order valence-electron chi connectivity index (χ0n) is 11.2. The Hall–Kier alpha value is -1.43. The zero-order chi connectivity index (χ0) is 13.3. The summed E-state index contributed by atoms with van der Waals surface area (Å²) >= 11 is 0. The Morgan fingerprint density at radius 1 is 1.05 bits per heavy atom. The first-order valence-corrected chi connectivity index (χ1v) is 6.46. The minimum Gasteiger partial charge on any atom is -0.382 e. The Bertz CT molecular complexity index is 484. The first kappa shape index (κ1) is 14.0. The summed E-state index contributed by atoms with van der Waals surface area (Å²) in [4.78, 5) is 4.31. The number of aromatic nitrogens is 2. The van der Waals surface area contributed by atoms with Gasteiger partial charge in [0.2, 0.25) is 0 Å². The fraction of sp³-hybridized carbons (Fsp3) is 0.500. The van der Waals surface area contributed by atoms with Gasteiger partial charge in [0.25, 0.3) is 0 Å². The SMILES string of the molecule is COCCOCCCOCn1cnc2ccccc21. The quantitative estimate of drug-likeness (QED) is 0.650. The van der Waals surface area contributed by atoms with Crippen LogP contribution in [0.3, 0.4) is 0 Å². The third kappa shape index (κ3) is 4.31. The van der Waals surface area contributed by atoms with Crippen molar-refractivity contribution in [3.63, 3.8) is 0 Å². The standard InChI is InChI=1S/C14H20N2O3/c1-17-9-10-18-7-4-8-19-12-16-11-15-13-5-2-3-6-14(13)16/h2-3,5-6,11H,4,7-10,12H2,1H3. The summed E-state index contributed by atoms with van der Waals surface area (Å²) in [5, 5.41) is 0. The second-order valence-corrected chi connectivity index (χ2v) is 4.20. The van der Waals surface area contributed by atoms with Gasteiger partial charge in [-0.15, -0.1) is 0 Å². The van der Waals surface area contributed by atoms with Crippen LogP contribution in [0, 0.1) is 0 Å². The van der Waals surface area contributed by atoms with Crippen LogP contribution in [0.4, 0.5) is 0 Å². The molecule has 0 saturated heterocycles. The molecule has 1 aromatic heterocycles. The predicted octanol–water partition coefficient (Wildman–Crippen LogP) is 2.06. The molecule has 1 aromatic carbocycles. The summed E-state index contributed by atoms with van der Waals surface area (Å²) in [5.74, 6) is 0. The molecule has 19 heavy (non-hydrogen) atoms. The molecule has 104 valence electrons. The van der Waals surface area contributed by atoms with Crippen LogP contribution in [0.1, 0.15) is 6.42 Å². The van der Waals surface area contributed by atoms with Crippen LogP contribution >= 0.6 is 0 Å². The maximum absolute atomic E-state index is 5.60. The molecule has 5 heteroatoms. The van der Waals surface area contributed by atoms with Crippen LogP contribution < -0.4 is 0 Å². The van der Waals surface area contributed by atoms with Gasteiger partial charge < -0.3 is 18.8 Å². The first-order valence-electron chi connectivity index (χ1n) is 6.46. The molecule has 0 radical (unpaired) electrons. The van der Waals surface area contributed by atoms with Crippen molar-refractivity contribution in [3.8, 4) is 0 Å². The van der Waals surface area contributed by atoms with Crippen molar-refractivity contribution in [1.82, 2.24) is 9.55 Å². The highest BCUT2D eigenvalue weighted by Gasteiger charge is 2.00. The lowest BCUT2D eigenvalue weighted by Crippen LogP contribution is -2.07. The van der Waals surface area contributed by atoms with Crippen LogP contribution in [0.5, 0.6) is 0 Å². The zero-order valence-corrected chi connectivity index (χ0v) is 11.2. The second-order valence-electron chi connectivity index (χ2n) is 4.20. The van der Waals surface area contributed by atoms with Crippen LogP contribution in [0.15, 0.2) is 30.6 Å². The molecule has 0 atom stereocenters. The molecule has 5 nitrogen and oxygen atoms in total. The van der Waals surface area contributed by atoms with Gasteiger partial charge >= 0.3 is 0 Å². The van der Waals surface area contributed by atoms with Gasteiger partial charge in [-0.3, -0.25) is 0 Å². The minimum atomic E-state index is 0.526. The van der Waals surface area contributed by atoms with Gasteiger partial charge in [0.1, 0.15) is 6.73 Å². The topological polar surface area (TPSA) is 45.5 Å².